The van der Waals surface area contributed by atoms with Crippen molar-refractivity contribution >= 4 is 57.7 Å². The molecule has 2 aromatic carbocycles. The molecule has 0 aliphatic carbocycles. The number of amides is 2. The van der Waals surface area contributed by atoms with E-state index in [1.54, 1.807) is 12.1 Å². The van der Waals surface area contributed by atoms with Gasteiger partial charge >= 0.3 is 0 Å². The van der Waals surface area contributed by atoms with Crippen LogP contribution in [-0.2, 0) is 4.79 Å². The van der Waals surface area contributed by atoms with Gasteiger partial charge in [0, 0.05) is 33.0 Å². The molecule has 34 heavy (non-hydrogen) atoms. The normalized spacial score (nSPS) is 16.1. The predicted molar refractivity (Wildman–Crippen MR) is 137 cm³/mol. The number of carbonyl (C=O) groups is 2. The molecule has 0 spiro atoms. The number of β-amino-alcohol motifs (C(OH)–C–C–N with tert-alkyl or cyclic N) is 1. The number of aliphatic imine (C=N–C) groups is 1. The van der Waals surface area contributed by atoms with Crippen molar-refractivity contribution in [2.45, 2.75) is 25.5 Å². The molecule has 0 saturated heterocycles. The quantitative estimate of drug-likeness (QED) is 0.240. The summed E-state index contributed by atoms with van der Waals surface area (Å²) in [6, 6.07) is 7.07. The Morgan fingerprint density at radius 1 is 1.26 bits per heavy atom. The van der Waals surface area contributed by atoms with E-state index in [4.69, 9.17) is 11.6 Å². The van der Waals surface area contributed by atoms with Gasteiger partial charge in [0.15, 0.2) is 5.96 Å². The van der Waals surface area contributed by atoms with E-state index >= 15 is 0 Å². The first-order valence-electron chi connectivity index (χ1n) is 10.5. The highest BCUT2D eigenvalue weighted by molar-refractivity contribution is 14.1. The summed E-state index contributed by atoms with van der Waals surface area (Å²) in [6.07, 6.45) is -0.0683. The molecule has 2 unspecified atom stereocenters. The Morgan fingerprint density at radius 3 is 2.71 bits per heavy atom. The van der Waals surface area contributed by atoms with Crippen LogP contribution >= 0.6 is 34.2 Å². The first-order valence-corrected chi connectivity index (χ1v) is 11.9. The van der Waals surface area contributed by atoms with Crippen molar-refractivity contribution in [3.05, 3.63) is 50.1 Å². The minimum Gasteiger partial charge on any atom is -0.508 e. The molecule has 1 aliphatic rings. The fourth-order valence-corrected chi connectivity index (χ4v) is 4.38. The topological polar surface area (TPSA) is 155 Å². The molecule has 0 aromatic heterocycles. The van der Waals surface area contributed by atoms with Crippen LogP contribution in [0.5, 0.6) is 11.5 Å². The smallest absolute Gasteiger partial charge is 0.251 e. The Bertz CT molecular complexity index is 1110. The summed E-state index contributed by atoms with van der Waals surface area (Å²) in [5, 5.41) is 41.1. The number of guanidine groups is 1. The van der Waals surface area contributed by atoms with E-state index < -0.39 is 24.0 Å². The maximum Gasteiger partial charge on any atom is 0.251 e. The summed E-state index contributed by atoms with van der Waals surface area (Å²) in [7, 11) is 0. The molecule has 2 atom stereocenters. The van der Waals surface area contributed by atoms with Crippen LogP contribution in [0.4, 0.5) is 5.69 Å². The summed E-state index contributed by atoms with van der Waals surface area (Å²) in [5.74, 6) is -0.840. The van der Waals surface area contributed by atoms with Crippen molar-refractivity contribution in [3.8, 4) is 11.5 Å². The summed E-state index contributed by atoms with van der Waals surface area (Å²) < 4.78 is 0.815. The van der Waals surface area contributed by atoms with Gasteiger partial charge in [-0.3, -0.25) is 14.6 Å². The van der Waals surface area contributed by atoms with Crippen LogP contribution in [0.15, 0.2) is 35.3 Å². The van der Waals surface area contributed by atoms with Gasteiger partial charge in [0.2, 0.25) is 5.91 Å². The minimum atomic E-state index is -0.569. The minimum absolute atomic E-state index is 0.0929. The van der Waals surface area contributed by atoms with Crippen LogP contribution in [0.3, 0.4) is 0 Å². The number of anilines is 1. The molecular formula is C22H25ClIN5O5. The summed E-state index contributed by atoms with van der Waals surface area (Å²) >= 11 is 8.12. The lowest BCUT2D eigenvalue weighted by molar-refractivity contribution is -0.120. The number of phenolic OH excluding ortho intramolecular Hbond substituents is 2. The third-order valence-corrected chi connectivity index (χ3v) is 5.90. The number of phenols is 2. The number of benzene rings is 2. The lowest BCUT2D eigenvalue weighted by Crippen LogP contribution is -2.42. The molecule has 182 valence electrons. The lowest BCUT2D eigenvalue weighted by Gasteiger charge is -2.20. The van der Waals surface area contributed by atoms with Crippen LogP contribution in [0.1, 0.15) is 35.3 Å². The molecule has 0 radical (unpaired) electrons. The van der Waals surface area contributed by atoms with Crippen LogP contribution in [0.25, 0.3) is 0 Å². The molecule has 3 rings (SSSR count). The van der Waals surface area contributed by atoms with Crippen LogP contribution in [0.2, 0.25) is 5.02 Å². The first kappa shape index (κ1) is 25.8. The zero-order valence-electron chi connectivity index (χ0n) is 18.2. The number of aliphatic hydroxyl groups excluding tert-OH is 1. The second-order valence-corrected chi connectivity index (χ2v) is 9.31. The molecule has 12 heteroatoms. The van der Waals surface area contributed by atoms with E-state index in [1.807, 2.05) is 6.92 Å². The Labute approximate surface area is 214 Å². The molecule has 0 fully saturated rings. The van der Waals surface area contributed by atoms with Crippen molar-refractivity contribution in [1.29, 1.82) is 0 Å². The molecule has 10 nitrogen and oxygen atoms in total. The van der Waals surface area contributed by atoms with Gasteiger partial charge in [-0.25, -0.2) is 0 Å². The Hall–Kier alpha value is -2.77. The van der Waals surface area contributed by atoms with Gasteiger partial charge in [0.1, 0.15) is 11.5 Å². The summed E-state index contributed by atoms with van der Waals surface area (Å²) in [5.41, 5.74) is 1.05. The van der Waals surface area contributed by atoms with E-state index in [-0.39, 0.29) is 35.2 Å². The molecule has 1 aliphatic heterocycles. The van der Waals surface area contributed by atoms with Crippen LogP contribution in [0, 0.1) is 3.57 Å². The van der Waals surface area contributed by atoms with Gasteiger partial charge < -0.3 is 36.6 Å². The SMILES string of the molecule is CCC(NC(=O)CNC(=O)c1cc(O)cc(NC2=NCC(O)CN2)c1)c1cc(I)cc(Cl)c1O. The van der Waals surface area contributed by atoms with Crippen molar-refractivity contribution < 1.29 is 24.9 Å². The predicted octanol–water partition coefficient (Wildman–Crippen LogP) is 2.09. The van der Waals surface area contributed by atoms with Gasteiger partial charge in [-0.1, -0.05) is 18.5 Å². The average molecular weight is 602 g/mol. The highest BCUT2D eigenvalue weighted by Crippen LogP contribution is 2.34. The third kappa shape index (κ3) is 6.87. The molecule has 1 heterocycles. The summed E-state index contributed by atoms with van der Waals surface area (Å²) in [4.78, 5) is 29.2. The number of hydrogen-bond acceptors (Lipinski definition) is 8. The van der Waals surface area contributed by atoms with E-state index in [1.165, 1.54) is 18.2 Å². The third-order valence-electron chi connectivity index (χ3n) is 4.99. The average Bonchev–Trinajstić information content (AvgIpc) is 2.79. The Balaban J connectivity index is 1.61. The highest BCUT2D eigenvalue weighted by Gasteiger charge is 2.20. The van der Waals surface area contributed by atoms with Crippen molar-refractivity contribution in [3.63, 3.8) is 0 Å². The van der Waals surface area contributed by atoms with Gasteiger partial charge in [-0.05, 0) is 53.3 Å². The summed E-state index contributed by atoms with van der Waals surface area (Å²) in [6.45, 7) is 2.11. The second kappa shape index (κ2) is 11.6. The van der Waals surface area contributed by atoms with Crippen LogP contribution in [-0.4, -0.2) is 58.8 Å². The van der Waals surface area contributed by atoms with Gasteiger partial charge in [0.25, 0.3) is 5.91 Å². The fraction of sp³-hybridized carbons (Fsp3) is 0.318. The monoisotopic (exact) mass is 601 g/mol. The Morgan fingerprint density at radius 2 is 2.03 bits per heavy atom. The molecular weight excluding hydrogens is 577 g/mol. The number of nitrogens with one attached hydrogen (secondary N) is 4. The Kier molecular flexibility index (Phi) is 8.80. The zero-order valence-corrected chi connectivity index (χ0v) is 21.1. The fourth-order valence-electron chi connectivity index (χ4n) is 3.33. The number of hydrogen-bond donors (Lipinski definition) is 7. The number of aromatic hydroxyl groups is 2. The number of aliphatic hydroxyl groups is 1. The van der Waals surface area contributed by atoms with E-state index in [0.717, 1.165) is 3.57 Å². The van der Waals surface area contributed by atoms with Crippen molar-refractivity contribution in [2.75, 3.05) is 25.0 Å². The van der Waals surface area contributed by atoms with Crippen molar-refractivity contribution in [1.82, 2.24) is 16.0 Å². The van der Waals surface area contributed by atoms with Gasteiger partial charge in [-0.2, -0.15) is 0 Å². The molecule has 2 aromatic rings. The zero-order chi connectivity index (χ0) is 24.8. The number of carbonyl (C=O) groups excluding carboxylic acids is 2. The number of rotatable bonds is 7. The second-order valence-electron chi connectivity index (χ2n) is 7.65. The van der Waals surface area contributed by atoms with Gasteiger partial charge in [-0.15, -0.1) is 0 Å². The highest BCUT2D eigenvalue weighted by atomic mass is 127. The van der Waals surface area contributed by atoms with Gasteiger partial charge in [0.05, 0.1) is 30.3 Å². The lowest BCUT2D eigenvalue weighted by atomic mass is 10.0. The molecule has 7 N–H and O–H groups in total. The largest absolute Gasteiger partial charge is 0.508 e. The van der Waals surface area contributed by atoms with E-state index in [9.17, 15) is 24.9 Å². The molecule has 0 saturated carbocycles. The maximum atomic E-state index is 12.6. The maximum absolute atomic E-state index is 12.6. The molecule has 0 bridgehead atoms. The standard InChI is InChI=1S/C22H25ClIN5O5/c1-2-18(16-5-12(24)6-17(23)20(16)33)29-19(32)10-25-21(34)11-3-13(7-14(30)4-11)28-22-26-8-15(31)9-27-22/h3-7,15,18,30-31,33H,2,8-10H2,1H3,(H,25,34)(H,29,32)(H2,26,27,28). The van der Waals surface area contributed by atoms with Crippen molar-refractivity contribution in [2.24, 2.45) is 4.99 Å². The van der Waals surface area contributed by atoms with E-state index in [2.05, 4.69) is 48.9 Å². The number of nitrogens with zero attached hydrogens (tertiary/aromatic N) is 1. The number of halogens is 2. The van der Waals surface area contributed by atoms with E-state index in [0.29, 0.717) is 30.2 Å². The van der Waals surface area contributed by atoms with Crippen LogP contribution < -0.4 is 21.3 Å². The molecule has 2 amide bonds. The first-order chi connectivity index (χ1) is 16.2.